The summed E-state index contributed by atoms with van der Waals surface area (Å²) in [4.78, 5) is 70.9. The Hall–Kier alpha value is -4.41. The van der Waals surface area contributed by atoms with Crippen molar-refractivity contribution in [2.45, 2.75) is 0 Å². The van der Waals surface area contributed by atoms with Gasteiger partial charge in [0.2, 0.25) is 5.91 Å². The number of ether oxygens (including phenoxy) is 1. The fourth-order valence-electron chi connectivity index (χ4n) is 2.80. The molecule has 3 amide bonds. The zero-order valence-corrected chi connectivity index (χ0v) is 15.9. The third-order valence-electron chi connectivity index (χ3n) is 4.37. The number of Topliss-reactive ketones (excluding diaryl/α,β-unsaturated/α-hetero) is 1. The molecule has 0 aliphatic carbocycles. The van der Waals surface area contributed by atoms with Crippen LogP contribution in [0.15, 0.2) is 48.5 Å². The lowest BCUT2D eigenvalue weighted by Crippen LogP contribution is -2.42. The van der Waals surface area contributed by atoms with Gasteiger partial charge in [-0.3, -0.25) is 39.0 Å². The fourth-order valence-corrected chi connectivity index (χ4v) is 2.80. The maximum Gasteiger partial charge on any atom is 0.325 e. The molecule has 0 aromatic heterocycles. The Bertz CT molecular complexity index is 1060. The molecule has 0 bridgehead atoms. The Morgan fingerprint density at radius 1 is 0.968 bits per heavy atom. The van der Waals surface area contributed by atoms with Crippen molar-refractivity contribution >= 4 is 35.2 Å². The summed E-state index contributed by atoms with van der Waals surface area (Å²) in [6.45, 7) is -1.76. The van der Waals surface area contributed by atoms with E-state index in [4.69, 9.17) is 4.74 Å². The van der Waals surface area contributed by atoms with Crippen LogP contribution in [-0.4, -0.2) is 59.0 Å². The molecule has 31 heavy (non-hydrogen) atoms. The van der Waals surface area contributed by atoms with Crippen LogP contribution >= 0.6 is 0 Å². The molecule has 0 fully saturated rings. The Balaban J connectivity index is 1.44. The highest BCUT2D eigenvalue weighted by atomic mass is 16.6. The summed E-state index contributed by atoms with van der Waals surface area (Å²) in [5, 5.41) is 12.8. The standard InChI is InChI=1S/C20H15N3O8/c24-16(12-5-7-13(8-6-12)23(29)30)11-31-18(26)9-21-17(25)10-22-19(27)14-3-1-2-4-15(14)20(22)28/h1-8H,9-11H2,(H,21,25). The van der Waals surface area contributed by atoms with Crippen LogP contribution < -0.4 is 5.32 Å². The van der Waals surface area contributed by atoms with E-state index in [1.54, 1.807) is 12.1 Å². The molecule has 158 valence electrons. The van der Waals surface area contributed by atoms with Crippen molar-refractivity contribution in [3.63, 3.8) is 0 Å². The smallest absolute Gasteiger partial charge is 0.325 e. The van der Waals surface area contributed by atoms with Crippen LogP contribution in [0.5, 0.6) is 0 Å². The second kappa shape index (κ2) is 8.95. The van der Waals surface area contributed by atoms with E-state index in [-0.39, 0.29) is 22.4 Å². The molecule has 1 aliphatic heterocycles. The van der Waals surface area contributed by atoms with Gasteiger partial charge in [0.15, 0.2) is 12.4 Å². The van der Waals surface area contributed by atoms with Gasteiger partial charge in [0.05, 0.1) is 16.1 Å². The molecule has 0 unspecified atom stereocenters. The maximum absolute atomic E-state index is 12.2. The number of nitro groups is 1. The molecule has 11 nitrogen and oxygen atoms in total. The molecule has 11 heteroatoms. The Morgan fingerprint density at radius 2 is 1.55 bits per heavy atom. The molecule has 2 aromatic carbocycles. The highest BCUT2D eigenvalue weighted by Crippen LogP contribution is 2.21. The summed E-state index contributed by atoms with van der Waals surface area (Å²) in [5.41, 5.74) is 0.330. The summed E-state index contributed by atoms with van der Waals surface area (Å²) in [6.07, 6.45) is 0. The van der Waals surface area contributed by atoms with Gasteiger partial charge in [0.1, 0.15) is 13.1 Å². The quantitative estimate of drug-likeness (QED) is 0.214. The minimum Gasteiger partial charge on any atom is -0.456 e. The van der Waals surface area contributed by atoms with E-state index >= 15 is 0 Å². The number of imide groups is 1. The third-order valence-corrected chi connectivity index (χ3v) is 4.37. The monoisotopic (exact) mass is 425 g/mol. The Kier molecular flexibility index (Phi) is 6.15. The topological polar surface area (TPSA) is 153 Å². The number of nitrogens with one attached hydrogen (secondary N) is 1. The molecule has 1 aliphatic rings. The van der Waals surface area contributed by atoms with Crippen LogP contribution in [0.1, 0.15) is 31.1 Å². The first kappa shape index (κ1) is 21.3. The molecule has 0 atom stereocenters. The summed E-state index contributed by atoms with van der Waals surface area (Å²) in [7, 11) is 0. The van der Waals surface area contributed by atoms with Gasteiger partial charge < -0.3 is 10.1 Å². The minimum absolute atomic E-state index is 0.119. The molecule has 1 heterocycles. The van der Waals surface area contributed by atoms with Gasteiger partial charge in [-0.2, -0.15) is 0 Å². The molecular formula is C20H15N3O8. The number of hydrogen-bond donors (Lipinski definition) is 1. The number of non-ortho nitro benzene ring substituents is 1. The van der Waals surface area contributed by atoms with Crippen molar-refractivity contribution in [2.24, 2.45) is 0 Å². The molecule has 3 rings (SSSR count). The predicted octanol–water partition coefficient (Wildman–Crippen LogP) is 0.733. The number of nitrogens with zero attached hydrogens (tertiary/aromatic N) is 2. The highest BCUT2D eigenvalue weighted by molar-refractivity contribution is 6.22. The van der Waals surface area contributed by atoms with Crippen LogP contribution in [-0.2, 0) is 14.3 Å². The zero-order valence-electron chi connectivity index (χ0n) is 15.9. The fraction of sp³-hybridized carbons (Fsp3) is 0.150. The Morgan fingerprint density at radius 3 is 2.10 bits per heavy atom. The molecule has 0 saturated carbocycles. The number of ketones is 1. The lowest BCUT2D eigenvalue weighted by Gasteiger charge is -2.13. The van der Waals surface area contributed by atoms with Crippen molar-refractivity contribution in [2.75, 3.05) is 19.7 Å². The molecule has 0 saturated heterocycles. The maximum atomic E-state index is 12.2. The predicted molar refractivity (Wildman–Crippen MR) is 103 cm³/mol. The van der Waals surface area contributed by atoms with E-state index < -0.39 is 54.1 Å². The van der Waals surface area contributed by atoms with E-state index in [9.17, 15) is 34.1 Å². The van der Waals surface area contributed by atoms with Crippen molar-refractivity contribution in [1.29, 1.82) is 0 Å². The van der Waals surface area contributed by atoms with Crippen LogP contribution in [0, 0.1) is 10.1 Å². The first-order chi connectivity index (χ1) is 14.8. The molecule has 1 N–H and O–H groups in total. The number of amides is 3. The lowest BCUT2D eigenvalue weighted by atomic mass is 10.1. The number of hydrogen-bond acceptors (Lipinski definition) is 8. The average Bonchev–Trinajstić information content (AvgIpc) is 3.01. The molecule has 2 aromatic rings. The zero-order chi connectivity index (χ0) is 22.5. The molecule has 0 radical (unpaired) electrons. The first-order valence-corrected chi connectivity index (χ1v) is 8.93. The second-order valence-electron chi connectivity index (χ2n) is 6.41. The minimum atomic E-state index is -0.911. The number of carbonyl (C=O) groups excluding carboxylic acids is 5. The average molecular weight is 425 g/mol. The summed E-state index contributed by atoms with van der Waals surface area (Å²) < 4.78 is 4.76. The van der Waals surface area contributed by atoms with E-state index in [2.05, 4.69) is 5.32 Å². The normalized spacial score (nSPS) is 12.3. The molecular weight excluding hydrogens is 410 g/mol. The van der Waals surface area contributed by atoms with Gasteiger partial charge >= 0.3 is 5.97 Å². The van der Waals surface area contributed by atoms with Gasteiger partial charge in [-0.25, -0.2) is 0 Å². The summed E-state index contributed by atoms with van der Waals surface area (Å²) in [5.74, 6) is -3.46. The lowest BCUT2D eigenvalue weighted by molar-refractivity contribution is -0.384. The van der Waals surface area contributed by atoms with E-state index in [1.807, 2.05) is 0 Å². The number of esters is 1. The van der Waals surface area contributed by atoms with Crippen LogP contribution in [0.3, 0.4) is 0 Å². The molecule has 0 spiro atoms. The van der Waals surface area contributed by atoms with Gasteiger partial charge in [-0.05, 0) is 24.3 Å². The van der Waals surface area contributed by atoms with Crippen LogP contribution in [0.4, 0.5) is 5.69 Å². The van der Waals surface area contributed by atoms with E-state index in [0.717, 1.165) is 17.0 Å². The van der Waals surface area contributed by atoms with Gasteiger partial charge in [0, 0.05) is 17.7 Å². The van der Waals surface area contributed by atoms with Crippen molar-refractivity contribution in [1.82, 2.24) is 10.2 Å². The van der Waals surface area contributed by atoms with Crippen molar-refractivity contribution in [3.8, 4) is 0 Å². The van der Waals surface area contributed by atoms with Gasteiger partial charge in [-0.15, -0.1) is 0 Å². The third kappa shape index (κ3) is 4.78. The van der Waals surface area contributed by atoms with Crippen molar-refractivity contribution in [3.05, 3.63) is 75.3 Å². The summed E-state index contributed by atoms with van der Waals surface area (Å²) >= 11 is 0. The number of carbonyl (C=O) groups is 5. The number of rotatable bonds is 8. The number of benzene rings is 2. The SMILES string of the molecule is O=C(CN1C(=O)c2ccccc2C1=O)NCC(=O)OCC(=O)c1ccc([N+](=O)[O-])cc1. The van der Waals surface area contributed by atoms with Crippen LogP contribution in [0.25, 0.3) is 0 Å². The van der Waals surface area contributed by atoms with Crippen LogP contribution in [0.2, 0.25) is 0 Å². The van der Waals surface area contributed by atoms with E-state index in [0.29, 0.717) is 0 Å². The van der Waals surface area contributed by atoms with Crippen molar-refractivity contribution < 1.29 is 33.6 Å². The van der Waals surface area contributed by atoms with Gasteiger partial charge in [0.25, 0.3) is 17.5 Å². The summed E-state index contributed by atoms with van der Waals surface area (Å²) in [6, 6.07) is 10.9. The van der Waals surface area contributed by atoms with Gasteiger partial charge in [-0.1, -0.05) is 12.1 Å². The first-order valence-electron chi connectivity index (χ1n) is 8.93. The number of fused-ring (bicyclic) bond motifs is 1. The Labute approximate surface area is 174 Å². The van der Waals surface area contributed by atoms with E-state index in [1.165, 1.54) is 24.3 Å². The number of nitro benzene ring substituents is 1. The highest BCUT2D eigenvalue weighted by Gasteiger charge is 2.36. The largest absolute Gasteiger partial charge is 0.456 e. The second-order valence-corrected chi connectivity index (χ2v) is 6.41.